The summed E-state index contributed by atoms with van der Waals surface area (Å²) in [4.78, 5) is 26.3. The van der Waals surface area contributed by atoms with Gasteiger partial charge >= 0.3 is 0 Å². The van der Waals surface area contributed by atoms with Crippen LogP contribution in [0.25, 0.3) is 0 Å². The molecular weight excluding hydrogens is 304 g/mol. The topological polar surface area (TPSA) is 58.6 Å². The van der Waals surface area contributed by atoms with Crippen LogP contribution in [0.1, 0.15) is 18.4 Å². The van der Waals surface area contributed by atoms with Crippen molar-refractivity contribution in [2.45, 2.75) is 25.4 Å². The molecule has 2 aromatic rings. The normalized spacial score (nSPS) is 17.0. The van der Waals surface area contributed by atoms with Gasteiger partial charge in [-0.15, -0.1) is 0 Å². The first kappa shape index (κ1) is 16.1. The molecule has 0 radical (unpaired) electrons. The van der Waals surface area contributed by atoms with Gasteiger partial charge in [-0.2, -0.15) is 0 Å². The molecule has 0 aliphatic carbocycles. The van der Waals surface area contributed by atoms with E-state index < -0.39 is 6.04 Å². The quantitative estimate of drug-likeness (QED) is 0.919. The summed E-state index contributed by atoms with van der Waals surface area (Å²) in [6.07, 6.45) is 0.942. The van der Waals surface area contributed by atoms with Gasteiger partial charge in [0.2, 0.25) is 11.8 Å². The molecule has 5 nitrogen and oxygen atoms in total. The molecule has 0 bridgehead atoms. The molecule has 1 aliphatic heterocycles. The number of methoxy groups -OCH3 is 1. The molecule has 3 rings (SSSR count). The number of anilines is 1. The molecule has 124 valence electrons. The summed E-state index contributed by atoms with van der Waals surface area (Å²) in [7, 11) is 1.62. The molecule has 1 heterocycles. The third-order valence-electron chi connectivity index (χ3n) is 4.17. The number of nitrogens with one attached hydrogen (secondary N) is 1. The Balaban J connectivity index is 1.66. The van der Waals surface area contributed by atoms with Crippen LogP contribution >= 0.6 is 0 Å². The maximum atomic E-state index is 12.5. The minimum Gasteiger partial charge on any atom is -0.497 e. The molecule has 1 aliphatic rings. The third-order valence-corrected chi connectivity index (χ3v) is 4.17. The van der Waals surface area contributed by atoms with E-state index >= 15 is 0 Å². The van der Waals surface area contributed by atoms with Crippen molar-refractivity contribution in [1.29, 1.82) is 0 Å². The lowest BCUT2D eigenvalue weighted by Gasteiger charge is -2.24. The number of para-hydroxylation sites is 1. The van der Waals surface area contributed by atoms with Gasteiger partial charge in [-0.25, -0.2) is 0 Å². The van der Waals surface area contributed by atoms with Crippen molar-refractivity contribution >= 4 is 17.5 Å². The number of nitrogens with zero attached hydrogens (tertiary/aromatic N) is 1. The first-order valence-corrected chi connectivity index (χ1v) is 7.97. The van der Waals surface area contributed by atoms with Crippen molar-refractivity contribution in [3.05, 3.63) is 60.2 Å². The van der Waals surface area contributed by atoms with E-state index in [1.54, 1.807) is 12.0 Å². The second kappa shape index (κ2) is 7.17. The molecule has 1 N–H and O–H groups in total. The predicted molar refractivity (Wildman–Crippen MR) is 91.8 cm³/mol. The highest BCUT2D eigenvalue weighted by molar-refractivity contribution is 6.03. The molecule has 0 saturated carbocycles. The fourth-order valence-electron chi connectivity index (χ4n) is 2.89. The Hall–Kier alpha value is -2.82. The molecule has 2 aromatic carbocycles. The molecular formula is C19H20N2O3. The lowest BCUT2D eigenvalue weighted by molar-refractivity contribution is -0.124. The zero-order valence-corrected chi connectivity index (χ0v) is 13.6. The van der Waals surface area contributed by atoms with Crippen molar-refractivity contribution in [2.75, 3.05) is 12.0 Å². The van der Waals surface area contributed by atoms with E-state index in [1.807, 2.05) is 54.6 Å². The van der Waals surface area contributed by atoms with Crippen LogP contribution < -0.4 is 15.0 Å². The number of rotatable bonds is 5. The molecule has 5 heteroatoms. The van der Waals surface area contributed by atoms with E-state index in [2.05, 4.69) is 5.32 Å². The van der Waals surface area contributed by atoms with Crippen molar-refractivity contribution in [1.82, 2.24) is 5.32 Å². The highest BCUT2D eigenvalue weighted by Gasteiger charge is 2.36. The summed E-state index contributed by atoms with van der Waals surface area (Å²) in [5.74, 6) is 0.646. The Kier molecular flexibility index (Phi) is 4.79. The van der Waals surface area contributed by atoms with E-state index in [4.69, 9.17) is 4.74 Å². The number of amides is 2. The lowest BCUT2D eigenvalue weighted by Crippen LogP contribution is -2.44. The largest absolute Gasteiger partial charge is 0.497 e. The molecule has 24 heavy (non-hydrogen) atoms. The Morgan fingerprint density at radius 1 is 1.17 bits per heavy atom. The van der Waals surface area contributed by atoms with Crippen LogP contribution in [0.4, 0.5) is 5.69 Å². The molecule has 1 saturated heterocycles. The van der Waals surface area contributed by atoms with E-state index in [0.717, 1.165) is 17.0 Å². The van der Waals surface area contributed by atoms with Gasteiger partial charge in [0.25, 0.3) is 0 Å². The smallest absolute Gasteiger partial charge is 0.243 e. The van der Waals surface area contributed by atoms with E-state index in [9.17, 15) is 9.59 Å². The summed E-state index contributed by atoms with van der Waals surface area (Å²) < 4.78 is 5.12. The third kappa shape index (κ3) is 3.40. The summed E-state index contributed by atoms with van der Waals surface area (Å²) in [5.41, 5.74) is 1.75. The van der Waals surface area contributed by atoms with Gasteiger partial charge in [-0.05, 0) is 36.2 Å². The predicted octanol–water partition coefficient (Wildman–Crippen LogP) is 2.51. The van der Waals surface area contributed by atoms with Gasteiger partial charge in [-0.3, -0.25) is 14.5 Å². The molecule has 1 atom stereocenters. The average Bonchev–Trinajstić information content (AvgIpc) is 3.02. The van der Waals surface area contributed by atoms with Crippen molar-refractivity contribution in [2.24, 2.45) is 0 Å². The fraction of sp³-hybridized carbons (Fsp3) is 0.263. The van der Waals surface area contributed by atoms with Crippen LogP contribution in [0, 0.1) is 0 Å². The number of ether oxygens (including phenoxy) is 1. The molecule has 2 amide bonds. The highest BCUT2D eigenvalue weighted by Crippen LogP contribution is 2.26. The Morgan fingerprint density at radius 3 is 2.54 bits per heavy atom. The maximum Gasteiger partial charge on any atom is 0.243 e. The first-order chi connectivity index (χ1) is 11.7. The van der Waals surface area contributed by atoms with Gasteiger partial charge in [0, 0.05) is 18.7 Å². The zero-order chi connectivity index (χ0) is 16.9. The monoisotopic (exact) mass is 324 g/mol. The van der Waals surface area contributed by atoms with Crippen molar-refractivity contribution in [3.63, 3.8) is 0 Å². The van der Waals surface area contributed by atoms with Crippen molar-refractivity contribution < 1.29 is 14.3 Å². The summed E-state index contributed by atoms with van der Waals surface area (Å²) in [6, 6.07) is 16.4. The van der Waals surface area contributed by atoms with Crippen LogP contribution in [0.3, 0.4) is 0 Å². The molecule has 1 fully saturated rings. The van der Waals surface area contributed by atoms with Crippen LogP contribution in [0.5, 0.6) is 5.75 Å². The van der Waals surface area contributed by atoms with Gasteiger partial charge in [-0.1, -0.05) is 30.3 Å². The second-order valence-corrected chi connectivity index (χ2v) is 5.72. The summed E-state index contributed by atoms with van der Waals surface area (Å²) >= 11 is 0. The number of benzene rings is 2. The van der Waals surface area contributed by atoms with Gasteiger partial charge in [0.1, 0.15) is 11.8 Å². The Morgan fingerprint density at radius 2 is 1.88 bits per heavy atom. The Labute approximate surface area is 141 Å². The van der Waals surface area contributed by atoms with E-state index in [-0.39, 0.29) is 11.8 Å². The maximum absolute atomic E-state index is 12.5. The summed E-state index contributed by atoms with van der Waals surface area (Å²) in [5, 5.41) is 2.93. The highest BCUT2D eigenvalue weighted by atomic mass is 16.5. The fourth-order valence-corrected chi connectivity index (χ4v) is 2.89. The van der Waals surface area contributed by atoms with Crippen LogP contribution in [-0.4, -0.2) is 25.0 Å². The first-order valence-electron chi connectivity index (χ1n) is 7.97. The number of hydrogen-bond acceptors (Lipinski definition) is 3. The SMILES string of the molecule is COc1ccc(CNC(=O)C2CCC(=O)N2c2ccccc2)cc1. The van der Waals surface area contributed by atoms with Gasteiger partial charge in [0.05, 0.1) is 7.11 Å². The minimum absolute atomic E-state index is 0.00852. The van der Waals surface area contributed by atoms with Crippen LogP contribution in [-0.2, 0) is 16.1 Å². The standard InChI is InChI=1S/C19H20N2O3/c1-24-16-9-7-14(8-10-16)13-20-19(23)17-11-12-18(22)21(17)15-5-3-2-4-6-15/h2-10,17H,11-13H2,1H3,(H,20,23). The minimum atomic E-state index is -0.446. The average molecular weight is 324 g/mol. The van der Waals surface area contributed by atoms with E-state index in [1.165, 1.54) is 0 Å². The van der Waals surface area contributed by atoms with Gasteiger partial charge in [0.15, 0.2) is 0 Å². The molecule has 0 spiro atoms. The molecule has 1 unspecified atom stereocenters. The van der Waals surface area contributed by atoms with E-state index in [0.29, 0.717) is 19.4 Å². The van der Waals surface area contributed by atoms with Gasteiger partial charge < -0.3 is 10.1 Å². The number of carbonyl (C=O) groups excluding carboxylic acids is 2. The summed E-state index contributed by atoms with van der Waals surface area (Å²) in [6.45, 7) is 0.427. The van der Waals surface area contributed by atoms with Crippen LogP contribution in [0.15, 0.2) is 54.6 Å². The van der Waals surface area contributed by atoms with Crippen LogP contribution in [0.2, 0.25) is 0 Å². The lowest BCUT2D eigenvalue weighted by atomic mass is 10.1. The number of hydrogen-bond donors (Lipinski definition) is 1. The molecule has 0 aromatic heterocycles. The second-order valence-electron chi connectivity index (χ2n) is 5.72. The number of carbonyl (C=O) groups is 2. The van der Waals surface area contributed by atoms with Crippen molar-refractivity contribution in [3.8, 4) is 5.75 Å². The Bertz CT molecular complexity index is 713. The zero-order valence-electron chi connectivity index (χ0n) is 13.6.